The Balaban J connectivity index is 1.59. The second-order valence-corrected chi connectivity index (χ2v) is 6.84. The molecule has 1 saturated carbocycles. The molecule has 0 saturated heterocycles. The molecule has 6 nitrogen and oxygen atoms in total. The number of carbonyl (C=O) groups excluding carboxylic acids is 1. The Kier molecular flexibility index (Phi) is 5.43. The van der Waals surface area contributed by atoms with Crippen molar-refractivity contribution in [3.8, 4) is 0 Å². The lowest BCUT2D eigenvalue weighted by Crippen LogP contribution is -2.35. The van der Waals surface area contributed by atoms with Gasteiger partial charge in [0.25, 0.3) is 5.78 Å². The van der Waals surface area contributed by atoms with Gasteiger partial charge < -0.3 is 5.32 Å². The molecule has 0 radical (unpaired) electrons. The quantitative estimate of drug-likeness (QED) is 0.936. The summed E-state index contributed by atoms with van der Waals surface area (Å²) >= 11 is 0. The summed E-state index contributed by atoms with van der Waals surface area (Å²) in [5.41, 5.74) is 3.06. The van der Waals surface area contributed by atoms with Crippen molar-refractivity contribution in [1.29, 1.82) is 0 Å². The van der Waals surface area contributed by atoms with Gasteiger partial charge in [-0.2, -0.15) is 10.1 Å². The minimum absolute atomic E-state index is 0.151. The summed E-state index contributed by atoms with van der Waals surface area (Å²) < 4.78 is 1.75. The highest BCUT2D eigenvalue weighted by Gasteiger charge is 2.16. The average molecular weight is 329 g/mol. The van der Waals surface area contributed by atoms with Crippen molar-refractivity contribution in [1.82, 2.24) is 24.9 Å². The Morgan fingerprint density at radius 2 is 1.92 bits per heavy atom. The van der Waals surface area contributed by atoms with Gasteiger partial charge in [-0.1, -0.05) is 32.1 Å². The number of aryl methyl sites for hydroxylation is 2. The van der Waals surface area contributed by atoms with Gasteiger partial charge in [-0.25, -0.2) is 9.50 Å². The fraction of sp³-hybridized carbons (Fsp3) is 0.667. The highest BCUT2D eigenvalue weighted by atomic mass is 16.1. The zero-order valence-electron chi connectivity index (χ0n) is 14.7. The van der Waals surface area contributed by atoms with Crippen LogP contribution in [-0.2, 0) is 11.2 Å². The fourth-order valence-electron chi connectivity index (χ4n) is 3.66. The van der Waals surface area contributed by atoms with Crippen LogP contribution in [0.25, 0.3) is 5.78 Å². The number of fused-ring (bicyclic) bond motifs is 1. The molecule has 0 spiro atoms. The fourth-order valence-corrected chi connectivity index (χ4v) is 3.66. The van der Waals surface area contributed by atoms with Gasteiger partial charge >= 0.3 is 0 Å². The molecule has 0 bridgehead atoms. The van der Waals surface area contributed by atoms with Crippen molar-refractivity contribution in [3.63, 3.8) is 0 Å². The molecule has 2 aromatic rings. The van der Waals surface area contributed by atoms with E-state index in [1.165, 1.54) is 38.4 Å². The maximum absolute atomic E-state index is 12.4. The molecule has 0 aromatic carbocycles. The first kappa shape index (κ1) is 16.9. The summed E-state index contributed by atoms with van der Waals surface area (Å²) in [6.07, 6.45) is 11.4. The number of hydrogen-bond donors (Lipinski definition) is 1. The highest BCUT2D eigenvalue weighted by Crippen LogP contribution is 2.18. The van der Waals surface area contributed by atoms with Crippen LogP contribution in [0.5, 0.6) is 0 Å². The third-order valence-electron chi connectivity index (χ3n) is 5.06. The van der Waals surface area contributed by atoms with Gasteiger partial charge in [-0.3, -0.25) is 4.79 Å². The van der Waals surface area contributed by atoms with Gasteiger partial charge in [0.2, 0.25) is 5.91 Å². The lowest BCUT2D eigenvalue weighted by molar-refractivity contribution is -0.121. The van der Waals surface area contributed by atoms with E-state index in [1.54, 1.807) is 4.52 Å². The number of nitrogens with one attached hydrogen (secondary N) is 1. The summed E-state index contributed by atoms with van der Waals surface area (Å²) in [6, 6.07) is 0.357. The normalized spacial score (nSPS) is 16.8. The lowest BCUT2D eigenvalue weighted by Gasteiger charge is -2.21. The van der Waals surface area contributed by atoms with Crippen molar-refractivity contribution >= 4 is 11.7 Å². The zero-order chi connectivity index (χ0) is 16.9. The third-order valence-corrected chi connectivity index (χ3v) is 5.06. The predicted molar refractivity (Wildman–Crippen MR) is 92.8 cm³/mol. The maximum Gasteiger partial charge on any atom is 0.252 e. The van der Waals surface area contributed by atoms with Gasteiger partial charge in [0.15, 0.2) is 0 Å². The van der Waals surface area contributed by atoms with Crippen LogP contribution in [0.2, 0.25) is 0 Å². The SMILES string of the molecule is Cc1nc2ncnn2c(C)c1CCC(=O)NC1CCCCCCC1. The van der Waals surface area contributed by atoms with Gasteiger partial charge in [0.1, 0.15) is 6.33 Å². The summed E-state index contributed by atoms with van der Waals surface area (Å²) in [4.78, 5) is 21.0. The van der Waals surface area contributed by atoms with E-state index in [9.17, 15) is 4.79 Å². The van der Waals surface area contributed by atoms with Gasteiger partial charge in [-0.05, 0) is 38.7 Å². The first-order valence-electron chi connectivity index (χ1n) is 9.10. The molecule has 1 fully saturated rings. The summed E-state index contributed by atoms with van der Waals surface area (Å²) in [5, 5.41) is 7.44. The molecule has 0 unspecified atom stereocenters. The summed E-state index contributed by atoms with van der Waals surface area (Å²) in [5.74, 6) is 0.769. The summed E-state index contributed by atoms with van der Waals surface area (Å²) in [7, 11) is 0. The Hall–Kier alpha value is -1.98. The van der Waals surface area contributed by atoms with Crippen LogP contribution < -0.4 is 5.32 Å². The van der Waals surface area contributed by atoms with Crippen molar-refractivity contribution in [2.75, 3.05) is 0 Å². The Morgan fingerprint density at radius 1 is 1.21 bits per heavy atom. The van der Waals surface area contributed by atoms with Crippen LogP contribution in [0.1, 0.15) is 68.3 Å². The van der Waals surface area contributed by atoms with E-state index >= 15 is 0 Å². The summed E-state index contributed by atoms with van der Waals surface area (Å²) in [6.45, 7) is 3.99. The molecule has 6 heteroatoms. The molecule has 2 aromatic heterocycles. The van der Waals surface area contributed by atoms with Gasteiger partial charge in [-0.15, -0.1) is 0 Å². The number of carbonyl (C=O) groups is 1. The molecule has 1 aliphatic carbocycles. The monoisotopic (exact) mass is 329 g/mol. The molecule has 1 aliphatic rings. The molecule has 2 heterocycles. The lowest BCUT2D eigenvalue weighted by atomic mass is 9.96. The van der Waals surface area contributed by atoms with Crippen LogP contribution in [0.4, 0.5) is 0 Å². The van der Waals surface area contributed by atoms with Crippen molar-refractivity contribution in [2.45, 2.75) is 77.7 Å². The van der Waals surface area contributed by atoms with E-state index in [0.29, 0.717) is 24.7 Å². The number of rotatable bonds is 4. The van der Waals surface area contributed by atoms with Gasteiger partial charge in [0.05, 0.1) is 0 Å². The molecular formula is C18H27N5O. The molecular weight excluding hydrogens is 302 g/mol. The first-order valence-corrected chi connectivity index (χ1v) is 9.10. The highest BCUT2D eigenvalue weighted by molar-refractivity contribution is 5.76. The van der Waals surface area contributed by atoms with Crippen LogP contribution in [0.3, 0.4) is 0 Å². The minimum atomic E-state index is 0.151. The molecule has 3 rings (SSSR count). The smallest absolute Gasteiger partial charge is 0.252 e. The molecule has 0 atom stereocenters. The van der Waals surface area contributed by atoms with Gasteiger partial charge in [0, 0.05) is 23.9 Å². The van der Waals surface area contributed by atoms with Crippen molar-refractivity contribution < 1.29 is 4.79 Å². The second kappa shape index (κ2) is 7.73. The molecule has 24 heavy (non-hydrogen) atoms. The Labute approximate surface area is 143 Å². The first-order chi connectivity index (χ1) is 11.6. The van der Waals surface area contributed by atoms with E-state index in [4.69, 9.17) is 0 Å². The number of amides is 1. The van der Waals surface area contributed by atoms with E-state index in [2.05, 4.69) is 20.4 Å². The maximum atomic E-state index is 12.4. The molecule has 1 amide bonds. The third kappa shape index (κ3) is 3.91. The predicted octanol–water partition coefficient (Wildman–Crippen LogP) is 2.90. The van der Waals surface area contributed by atoms with Crippen LogP contribution in [0, 0.1) is 13.8 Å². The van der Waals surface area contributed by atoms with E-state index < -0.39 is 0 Å². The second-order valence-electron chi connectivity index (χ2n) is 6.84. The largest absolute Gasteiger partial charge is 0.353 e. The van der Waals surface area contributed by atoms with Crippen molar-refractivity contribution in [3.05, 3.63) is 23.3 Å². The zero-order valence-corrected chi connectivity index (χ0v) is 14.7. The minimum Gasteiger partial charge on any atom is -0.353 e. The average Bonchev–Trinajstić information content (AvgIpc) is 2.98. The Morgan fingerprint density at radius 3 is 2.67 bits per heavy atom. The molecule has 1 N–H and O–H groups in total. The topological polar surface area (TPSA) is 72.2 Å². The van der Waals surface area contributed by atoms with Crippen LogP contribution in [-0.4, -0.2) is 31.5 Å². The van der Waals surface area contributed by atoms with Crippen LogP contribution >= 0.6 is 0 Å². The molecule has 130 valence electrons. The standard InChI is InChI=1S/C18H27N5O/c1-13-16(14(2)23-18(21-13)19-12-20-23)10-11-17(24)22-15-8-6-4-3-5-7-9-15/h12,15H,3-11H2,1-2H3,(H,22,24). The van der Waals surface area contributed by atoms with E-state index in [0.717, 1.165) is 29.8 Å². The Bertz CT molecular complexity index is 701. The van der Waals surface area contributed by atoms with E-state index in [1.807, 2.05) is 13.8 Å². The van der Waals surface area contributed by atoms with Crippen LogP contribution in [0.15, 0.2) is 6.33 Å². The van der Waals surface area contributed by atoms with E-state index in [-0.39, 0.29) is 5.91 Å². The molecule has 0 aliphatic heterocycles. The number of aromatic nitrogens is 4. The number of hydrogen-bond acceptors (Lipinski definition) is 4. The number of nitrogens with zero attached hydrogens (tertiary/aromatic N) is 4. The van der Waals surface area contributed by atoms with Crippen molar-refractivity contribution in [2.24, 2.45) is 0 Å².